The molecule has 2 aromatic rings. The second-order valence-electron chi connectivity index (χ2n) is 12.4. The summed E-state index contributed by atoms with van der Waals surface area (Å²) >= 11 is 8.16. The van der Waals surface area contributed by atoms with Crippen LogP contribution in [0.1, 0.15) is 46.2 Å². The number of aliphatic hydroxyl groups excluding tert-OH is 1. The van der Waals surface area contributed by atoms with Gasteiger partial charge in [-0.15, -0.1) is 0 Å². The molecule has 1 spiro atoms. The molecule has 0 radical (unpaired) electrons. The number of amides is 1. The molecule has 13 heteroatoms. The second kappa shape index (κ2) is 12.7. The van der Waals surface area contributed by atoms with E-state index in [4.69, 9.17) is 35.8 Å². The molecule has 1 amide bonds. The van der Waals surface area contributed by atoms with Crippen LogP contribution in [0.25, 0.3) is 0 Å². The summed E-state index contributed by atoms with van der Waals surface area (Å²) in [5, 5.41) is 14.5. The highest BCUT2D eigenvalue weighted by atomic mass is 35.5. The number of anilines is 2. The van der Waals surface area contributed by atoms with Crippen LogP contribution in [0.4, 0.5) is 16.4 Å². The Morgan fingerprint density at radius 2 is 1.98 bits per heavy atom. The van der Waals surface area contributed by atoms with Gasteiger partial charge in [-0.2, -0.15) is 0 Å². The van der Waals surface area contributed by atoms with E-state index in [0.29, 0.717) is 47.2 Å². The van der Waals surface area contributed by atoms with Crippen molar-refractivity contribution >= 4 is 41.1 Å². The van der Waals surface area contributed by atoms with E-state index in [9.17, 15) is 9.90 Å². The Bertz CT molecular complexity index is 1270. The van der Waals surface area contributed by atoms with Gasteiger partial charge in [-0.1, -0.05) is 23.4 Å². The Balaban J connectivity index is 1.24. The number of rotatable bonds is 8. The van der Waals surface area contributed by atoms with Gasteiger partial charge >= 0.3 is 6.09 Å². The molecule has 2 atom stereocenters. The van der Waals surface area contributed by atoms with Crippen molar-refractivity contribution in [3.8, 4) is 0 Å². The first-order valence-corrected chi connectivity index (χ1v) is 15.6. The molecular formula is C29H41ClN6O5S. The largest absolute Gasteiger partial charge is 0.444 e. The maximum absolute atomic E-state index is 12.6. The molecule has 0 bridgehead atoms. The summed E-state index contributed by atoms with van der Waals surface area (Å²) in [5.41, 5.74) is -0.239. The van der Waals surface area contributed by atoms with Crippen LogP contribution in [-0.2, 0) is 20.8 Å². The average molecular weight is 621 g/mol. The summed E-state index contributed by atoms with van der Waals surface area (Å²) in [4.78, 5) is 31.7. The molecule has 11 nitrogen and oxygen atoms in total. The van der Waals surface area contributed by atoms with Crippen LogP contribution in [0, 0.1) is 11.3 Å². The van der Waals surface area contributed by atoms with Gasteiger partial charge in [0.2, 0.25) is 0 Å². The zero-order valence-corrected chi connectivity index (χ0v) is 26.5. The van der Waals surface area contributed by atoms with E-state index >= 15 is 0 Å². The van der Waals surface area contributed by atoms with Gasteiger partial charge in [0.05, 0.1) is 43.2 Å². The van der Waals surface area contributed by atoms with E-state index in [0.717, 1.165) is 43.3 Å². The molecular weight excluding hydrogens is 580 g/mol. The number of piperidine rings is 1. The number of methoxy groups -OCH3 is 1. The fraction of sp³-hybridized carbons (Fsp3) is 0.655. The molecule has 5 heterocycles. The molecule has 2 aromatic heterocycles. The summed E-state index contributed by atoms with van der Waals surface area (Å²) in [6.07, 6.45) is 4.56. The average Bonchev–Trinajstić information content (AvgIpc) is 3.21. The lowest BCUT2D eigenvalue weighted by atomic mass is 9.73. The van der Waals surface area contributed by atoms with E-state index < -0.39 is 11.7 Å². The highest BCUT2D eigenvalue weighted by molar-refractivity contribution is 7.99. The Morgan fingerprint density at radius 3 is 2.64 bits per heavy atom. The van der Waals surface area contributed by atoms with Gasteiger partial charge in [-0.25, -0.2) is 19.7 Å². The fourth-order valence-corrected chi connectivity index (χ4v) is 7.18. The lowest BCUT2D eigenvalue weighted by Crippen LogP contribution is -2.55. The minimum absolute atomic E-state index is 0.110. The molecule has 0 aliphatic carbocycles. The smallest absolute Gasteiger partial charge is 0.407 e. The Kier molecular flexibility index (Phi) is 9.39. The third kappa shape index (κ3) is 6.72. The number of hydrogen-bond acceptors (Lipinski definition) is 11. The van der Waals surface area contributed by atoms with Crippen LogP contribution in [0.3, 0.4) is 0 Å². The van der Waals surface area contributed by atoms with Crippen LogP contribution < -0.4 is 15.1 Å². The lowest BCUT2D eigenvalue weighted by molar-refractivity contribution is 0.0434. The maximum atomic E-state index is 12.6. The second-order valence-corrected chi connectivity index (χ2v) is 13.8. The number of nitrogens with zero attached hydrogens (tertiary/aromatic N) is 5. The summed E-state index contributed by atoms with van der Waals surface area (Å²) < 4.78 is 16.8. The fourth-order valence-electron chi connectivity index (χ4n) is 6.04. The zero-order valence-electron chi connectivity index (χ0n) is 24.9. The number of carbonyl (C=O) groups is 1. The Hall–Kier alpha value is -2.38. The molecule has 3 saturated heterocycles. The summed E-state index contributed by atoms with van der Waals surface area (Å²) in [6.45, 7) is 11.8. The van der Waals surface area contributed by atoms with Crippen molar-refractivity contribution in [1.29, 1.82) is 0 Å². The molecule has 230 valence electrons. The van der Waals surface area contributed by atoms with Crippen LogP contribution in [0.15, 0.2) is 28.4 Å². The van der Waals surface area contributed by atoms with Crippen LogP contribution in [0.5, 0.6) is 0 Å². The highest BCUT2D eigenvalue weighted by Gasteiger charge is 2.50. The van der Waals surface area contributed by atoms with Crippen LogP contribution in [-0.4, -0.2) is 90.4 Å². The van der Waals surface area contributed by atoms with Gasteiger partial charge in [0.15, 0.2) is 5.82 Å². The zero-order chi connectivity index (χ0) is 30.1. The minimum atomic E-state index is -0.569. The standard InChI is InChI=1S/C29H41ClN6O5S/c1-18-24(34-27(38)41-28(2,3)4)29(17-40-18)7-10-35(11-8-29)25-20(15-37)33-22(12-32-25)42-21-6-9-31-26(23(21)30)36-13-19(14-36)16-39-5/h6,9,12,18-19,24,37H,7-8,10-11,13-17H2,1-5H3,(H,34,38)/t18-,24+/m0/s1. The Labute approximate surface area is 256 Å². The van der Waals surface area contributed by atoms with Crippen molar-refractivity contribution in [3.63, 3.8) is 0 Å². The van der Waals surface area contributed by atoms with Crippen molar-refractivity contribution in [3.05, 3.63) is 29.2 Å². The van der Waals surface area contributed by atoms with Crippen molar-refractivity contribution in [2.24, 2.45) is 11.3 Å². The molecule has 3 aliphatic rings. The van der Waals surface area contributed by atoms with E-state index in [1.807, 2.05) is 33.8 Å². The maximum Gasteiger partial charge on any atom is 0.407 e. The summed E-state index contributed by atoms with van der Waals surface area (Å²) in [7, 11) is 1.71. The molecule has 42 heavy (non-hydrogen) atoms. The molecule has 0 saturated carbocycles. The highest BCUT2D eigenvalue weighted by Crippen LogP contribution is 2.44. The van der Waals surface area contributed by atoms with Crippen molar-refractivity contribution < 1.29 is 24.1 Å². The quantitative estimate of drug-likeness (QED) is 0.442. The molecule has 0 aromatic carbocycles. The van der Waals surface area contributed by atoms with Crippen LogP contribution >= 0.6 is 23.4 Å². The number of ether oxygens (including phenoxy) is 3. The first-order valence-electron chi connectivity index (χ1n) is 14.4. The van der Waals surface area contributed by atoms with Gasteiger partial charge < -0.3 is 34.4 Å². The third-order valence-electron chi connectivity index (χ3n) is 8.15. The third-order valence-corrected chi connectivity index (χ3v) is 9.60. The first kappa shape index (κ1) is 31.1. The molecule has 0 unspecified atom stereocenters. The van der Waals surface area contributed by atoms with Gasteiger partial charge in [0.1, 0.15) is 22.1 Å². The number of nitrogens with one attached hydrogen (secondary N) is 1. The lowest BCUT2D eigenvalue weighted by Gasteiger charge is -2.43. The molecule has 5 rings (SSSR count). The molecule has 3 aliphatic heterocycles. The normalized spacial score (nSPS) is 22.4. The minimum Gasteiger partial charge on any atom is -0.444 e. The first-order chi connectivity index (χ1) is 20.0. The molecule has 2 N–H and O–H groups in total. The summed E-state index contributed by atoms with van der Waals surface area (Å²) in [5.74, 6) is 1.91. The topological polar surface area (TPSA) is 122 Å². The van der Waals surface area contributed by atoms with E-state index in [1.54, 1.807) is 19.5 Å². The number of pyridine rings is 1. The van der Waals surface area contributed by atoms with Gasteiger partial charge in [-0.3, -0.25) is 0 Å². The SMILES string of the molecule is COCC1CN(c2nccc(Sc3cnc(N4CCC5(CC4)CO[C@@H](C)[C@H]5NC(=O)OC(C)(C)C)c(CO)n3)c2Cl)C1. The number of halogens is 1. The number of hydrogen-bond donors (Lipinski definition) is 2. The van der Waals surface area contributed by atoms with Crippen molar-refractivity contribution in [2.75, 3.05) is 56.3 Å². The predicted molar refractivity (Wildman–Crippen MR) is 161 cm³/mol. The van der Waals surface area contributed by atoms with Crippen molar-refractivity contribution in [2.45, 2.75) is 74.8 Å². The van der Waals surface area contributed by atoms with Crippen molar-refractivity contribution in [1.82, 2.24) is 20.3 Å². The van der Waals surface area contributed by atoms with Gasteiger partial charge in [0.25, 0.3) is 0 Å². The number of aliphatic hydroxyl groups is 1. The van der Waals surface area contributed by atoms with E-state index in [-0.39, 0.29) is 24.2 Å². The number of aromatic nitrogens is 3. The van der Waals surface area contributed by atoms with Crippen LogP contribution in [0.2, 0.25) is 5.02 Å². The number of carbonyl (C=O) groups excluding carboxylic acids is 1. The van der Waals surface area contributed by atoms with Gasteiger partial charge in [-0.05, 0) is 46.6 Å². The van der Waals surface area contributed by atoms with E-state index in [2.05, 4.69) is 20.1 Å². The number of alkyl carbamates (subject to hydrolysis) is 1. The van der Waals surface area contributed by atoms with E-state index in [1.165, 1.54) is 11.8 Å². The Morgan fingerprint density at radius 1 is 1.24 bits per heavy atom. The van der Waals surface area contributed by atoms with Gasteiger partial charge in [0, 0.05) is 55.7 Å². The predicted octanol–water partition coefficient (Wildman–Crippen LogP) is 4.15. The summed E-state index contributed by atoms with van der Waals surface area (Å²) in [6, 6.07) is 1.72. The monoisotopic (exact) mass is 620 g/mol. The molecule has 3 fully saturated rings.